The van der Waals surface area contributed by atoms with Crippen molar-refractivity contribution >= 4 is 42.6 Å². The van der Waals surface area contributed by atoms with Gasteiger partial charge in [0, 0.05) is 6.54 Å². The number of piperidine rings is 1. The van der Waals surface area contributed by atoms with E-state index in [1.807, 2.05) is 0 Å². The van der Waals surface area contributed by atoms with E-state index in [0.717, 1.165) is 17.8 Å². The minimum Gasteiger partial charge on any atom is -0.301 e. The van der Waals surface area contributed by atoms with Crippen LogP contribution in [0.1, 0.15) is 19.3 Å². The summed E-state index contributed by atoms with van der Waals surface area (Å²) in [4.78, 5) is 17.3. The number of carbonyl (C=O) groups is 1. The van der Waals surface area contributed by atoms with Crippen molar-refractivity contribution in [2.75, 3.05) is 11.9 Å². The molecule has 0 bridgehead atoms. The molecule has 0 radical (unpaired) electrons. The number of amides is 1. The van der Waals surface area contributed by atoms with E-state index in [0.29, 0.717) is 34.7 Å². The Morgan fingerprint density at radius 3 is 2.75 bits per heavy atom. The summed E-state index contributed by atoms with van der Waals surface area (Å²) in [6, 6.07) is 11.5. The molecule has 9 heteroatoms. The number of halogens is 1. The normalized spacial score (nSPS) is 18.2. The van der Waals surface area contributed by atoms with Crippen molar-refractivity contribution in [3.8, 4) is 0 Å². The van der Waals surface area contributed by atoms with Crippen LogP contribution < -0.4 is 5.32 Å². The van der Waals surface area contributed by atoms with Crippen molar-refractivity contribution in [2.45, 2.75) is 30.2 Å². The standard InChI is InChI=1S/C19H18FN3O3S2/c20-13-9-10-15-17(12-13)27-19(21-15)22-18(24)16-8-4-5-11-23(16)28(25,26)14-6-2-1-3-7-14/h1-3,6-7,9-10,12,16H,4-5,8,11H2,(H,21,22,24). The van der Waals surface area contributed by atoms with Crippen molar-refractivity contribution in [3.05, 3.63) is 54.3 Å². The highest BCUT2D eigenvalue weighted by atomic mass is 32.2. The summed E-state index contributed by atoms with van der Waals surface area (Å²) in [5.41, 5.74) is 0.583. The lowest BCUT2D eigenvalue weighted by molar-refractivity contribution is -0.120. The lowest BCUT2D eigenvalue weighted by atomic mass is 10.0. The number of hydrogen-bond acceptors (Lipinski definition) is 5. The second kappa shape index (κ2) is 7.57. The fourth-order valence-corrected chi connectivity index (χ4v) is 5.89. The van der Waals surface area contributed by atoms with Crippen LogP contribution in [0, 0.1) is 5.82 Å². The summed E-state index contributed by atoms with van der Waals surface area (Å²) >= 11 is 1.16. The second-order valence-electron chi connectivity index (χ2n) is 6.56. The van der Waals surface area contributed by atoms with Crippen molar-refractivity contribution in [2.24, 2.45) is 0 Å². The first-order valence-electron chi connectivity index (χ1n) is 8.89. The van der Waals surface area contributed by atoms with E-state index in [4.69, 9.17) is 0 Å². The minimum atomic E-state index is -3.77. The molecule has 0 spiro atoms. The zero-order valence-electron chi connectivity index (χ0n) is 14.8. The van der Waals surface area contributed by atoms with Gasteiger partial charge in [-0.2, -0.15) is 4.31 Å². The third-order valence-corrected chi connectivity index (χ3v) is 7.54. The SMILES string of the molecule is O=C(Nc1nc2ccc(F)cc2s1)C1CCCCN1S(=O)(=O)c1ccccc1. The number of aromatic nitrogens is 1. The second-order valence-corrected chi connectivity index (χ2v) is 9.48. The van der Waals surface area contributed by atoms with Crippen LogP contribution in [0.5, 0.6) is 0 Å². The summed E-state index contributed by atoms with van der Waals surface area (Å²) < 4.78 is 41.3. The average Bonchev–Trinajstić information content (AvgIpc) is 3.10. The van der Waals surface area contributed by atoms with Gasteiger partial charge in [-0.05, 0) is 43.2 Å². The van der Waals surface area contributed by atoms with Crippen molar-refractivity contribution < 1.29 is 17.6 Å². The Bertz CT molecular complexity index is 1120. The summed E-state index contributed by atoms with van der Waals surface area (Å²) in [7, 11) is -3.77. The van der Waals surface area contributed by atoms with Crippen LogP contribution in [0.25, 0.3) is 10.2 Å². The van der Waals surface area contributed by atoms with E-state index in [1.165, 1.54) is 28.6 Å². The van der Waals surface area contributed by atoms with Crippen LogP contribution >= 0.6 is 11.3 Å². The number of anilines is 1. The number of carbonyl (C=O) groups excluding carboxylic acids is 1. The largest absolute Gasteiger partial charge is 0.301 e. The molecule has 1 saturated heterocycles. The number of rotatable bonds is 4. The molecule has 0 aliphatic carbocycles. The highest BCUT2D eigenvalue weighted by Gasteiger charge is 2.37. The Hall–Kier alpha value is -2.36. The molecule has 2 heterocycles. The topological polar surface area (TPSA) is 79.4 Å². The molecule has 1 aromatic heterocycles. The third kappa shape index (κ3) is 3.65. The molecular weight excluding hydrogens is 401 g/mol. The molecule has 2 aromatic carbocycles. The predicted octanol–water partition coefficient (Wildman–Crippen LogP) is 3.62. The van der Waals surface area contributed by atoms with Gasteiger partial charge < -0.3 is 5.32 Å². The van der Waals surface area contributed by atoms with Crippen LogP contribution in [0.3, 0.4) is 0 Å². The van der Waals surface area contributed by atoms with E-state index in [2.05, 4.69) is 10.3 Å². The lowest BCUT2D eigenvalue weighted by Gasteiger charge is -2.33. The summed E-state index contributed by atoms with van der Waals surface area (Å²) in [6.07, 6.45) is 1.91. The zero-order valence-corrected chi connectivity index (χ0v) is 16.5. The smallest absolute Gasteiger partial charge is 0.244 e. The van der Waals surface area contributed by atoms with Gasteiger partial charge in [0.1, 0.15) is 11.9 Å². The van der Waals surface area contributed by atoms with Gasteiger partial charge >= 0.3 is 0 Å². The monoisotopic (exact) mass is 419 g/mol. The van der Waals surface area contributed by atoms with Gasteiger partial charge in [0.2, 0.25) is 15.9 Å². The number of hydrogen-bond donors (Lipinski definition) is 1. The average molecular weight is 420 g/mol. The Morgan fingerprint density at radius 1 is 1.18 bits per heavy atom. The Kier molecular flexibility index (Phi) is 5.13. The third-order valence-electron chi connectivity index (χ3n) is 4.69. The summed E-state index contributed by atoms with van der Waals surface area (Å²) in [6.45, 7) is 0.292. The number of nitrogens with one attached hydrogen (secondary N) is 1. The maximum atomic E-state index is 13.4. The van der Waals surface area contributed by atoms with Crippen LogP contribution in [0.2, 0.25) is 0 Å². The van der Waals surface area contributed by atoms with Gasteiger partial charge in [0.05, 0.1) is 15.1 Å². The first-order chi connectivity index (χ1) is 13.4. The first-order valence-corrected chi connectivity index (χ1v) is 11.1. The lowest BCUT2D eigenvalue weighted by Crippen LogP contribution is -2.49. The summed E-state index contributed by atoms with van der Waals surface area (Å²) in [5, 5.41) is 3.04. The van der Waals surface area contributed by atoms with Crippen LogP contribution in [-0.2, 0) is 14.8 Å². The van der Waals surface area contributed by atoms with Crippen molar-refractivity contribution in [3.63, 3.8) is 0 Å². The van der Waals surface area contributed by atoms with Gasteiger partial charge in [0.25, 0.3) is 0 Å². The van der Waals surface area contributed by atoms with E-state index >= 15 is 0 Å². The van der Waals surface area contributed by atoms with Gasteiger partial charge in [-0.1, -0.05) is 36.0 Å². The molecule has 28 heavy (non-hydrogen) atoms. The maximum Gasteiger partial charge on any atom is 0.244 e. The zero-order chi connectivity index (χ0) is 19.7. The fraction of sp³-hybridized carbons (Fsp3) is 0.263. The van der Waals surface area contributed by atoms with E-state index in [1.54, 1.807) is 24.3 Å². The van der Waals surface area contributed by atoms with Crippen molar-refractivity contribution in [1.82, 2.24) is 9.29 Å². The van der Waals surface area contributed by atoms with E-state index < -0.39 is 22.0 Å². The van der Waals surface area contributed by atoms with Gasteiger partial charge in [-0.15, -0.1) is 0 Å². The molecule has 1 unspecified atom stereocenters. The van der Waals surface area contributed by atoms with E-state index in [-0.39, 0.29) is 10.7 Å². The molecule has 4 rings (SSSR count). The number of thiazole rings is 1. The van der Waals surface area contributed by atoms with Gasteiger partial charge in [0.15, 0.2) is 5.13 Å². The van der Waals surface area contributed by atoms with Crippen LogP contribution in [0.4, 0.5) is 9.52 Å². The summed E-state index contributed by atoms with van der Waals surface area (Å²) in [5.74, 6) is -0.792. The highest BCUT2D eigenvalue weighted by Crippen LogP contribution is 2.29. The first kappa shape index (κ1) is 19.0. The molecule has 1 fully saturated rings. The number of benzene rings is 2. The van der Waals surface area contributed by atoms with Crippen LogP contribution in [-0.4, -0.2) is 36.2 Å². The maximum absolute atomic E-state index is 13.4. The number of nitrogens with zero attached hydrogens (tertiary/aromatic N) is 2. The highest BCUT2D eigenvalue weighted by molar-refractivity contribution is 7.89. The van der Waals surface area contributed by atoms with E-state index in [9.17, 15) is 17.6 Å². The molecule has 6 nitrogen and oxygen atoms in total. The Labute approximate surface area is 166 Å². The number of fused-ring (bicyclic) bond motifs is 1. The molecule has 1 aliphatic rings. The Morgan fingerprint density at radius 2 is 1.96 bits per heavy atom. The molecule has 3 aromatic rings. The van der Waals surface area contributed by atoms with Gasteiger partial charge in [-0.25, -0.2) is 17.8 Å². The molecule has 1 atom stereocenters. The fourth-order valence-electron chi connectivity index (χ4n) is 3.32. The van der Waals surface area contributed by atoms with Crippen molar-refractivity contribution in [1.29, 1.82) is 0 Å². The molecule has 146 valence electrons. The van der Waals surface area contributed by atoms with Crippen LogP contribution in [0.15, 0.2) is 53.4 Å². The minimum absolute atomic E-state index is 0.171. The molecule has 0 saturated carbocycles. The molecule has 1 amide bonds. The molecule has 1 aliphatic heterocycles. The predicted molar refractivity (Wildman–Crippen MR) is 106 cm³/mol. The molecule has 1 N–H and O–H groups in total. The quantitative estimate of drug-likeness (QED) is 0.701. The van der Waals surface area contributed by atoms with Gasteiger partial charge in [-0.3, -0.25) is 4.79 Å². The molecular formula is C19H18FN3O3S2. The Balaban J connectivity index is 1.59. The number of sulfonamides is 1.